The predicted octanol–water partition coefficient (Wildman–Crippen LogP) is 4.29. The van der Waals surface area contributed by atoms with Crippen molar-refractivity contribution in [1.82, 2.24) is 9.88 Å². The molecule has 1 saturated heterocycles. The zero-order valence-corrected chi connectivity index (χ0v) is 18.8. The van der Waals surface area contributed by atoms with Crippen molar-refractivity contribution < 1.29 is 18.4 Å². The number of anilines is 1. The van der Waals surface area contributed by atoms with Gasteiger partial charge in [0.05, 0.1) is 23.6 Å². The quantitative estimate of drug-likeness (QED) is 0.379. The minimum atomic E-state index is -0.378. The van der Waals surface area contributed by atoms with Gasteiger partial charge in [0, 0.05) is 37.1 Å². The summed E-state index contributed by atoms with van der Waals surface area (Å²) in [6.07, 6.45) is 0.197. The molecule has 0 N–H and O–H groups in total. The fourth-order valence-electron chi connectivity index (χ4n) is 3.45. The molecule has 1 fully saturated rings. The van der Waals surface area contributed by atoms with E-state index in [4.69, 9.17) is 0 Å². The molecular formula is C23H21F2N3O2S2. The molecule has 0 bridgehead atoms. The summed E-state index contributed by atoms with van der Waals surface area (Å²) < 4.78 is 27.7. The van der Waals surface area contributed by atoms with E-state index in [-0.39, 0.29) is 35.5 Å². The summed E-state index contributed by atoms with van der Waals surface area (Å²) in [4.78, 5) is 33.1. The van der Waals surface area contributed by atoms with Gasteiger partial charge in [0.1, 0.15) is 11.6 Å². The Morgan fingerprint density at radius 2 is 1.72 bits per heavy atom. The highest BCUT2D eigenvalue weighted by Gasteiger charge is 2.23. The normalized spacial score (nSPS) is 13.9. The summed E-state index contributed by atoms with van der Waals surface area (Å²) >= 11 is 2.70. The van der Waals surface area contributed by atoms with E-state index in [1.165, 1.54) is 53.4 Å². The molecule has 0 saturated carbocycles. The van der Waals surface area contributed by atoms with Crippen LogP contribution in [-0.4, -0.2) is 53.5 Å². The molecule has 166 valence electrons. The number of amides is 1. The third-order valence-corrected chi connectivity index (χ3v) is 7.25. The third kappa shape index (κ3) is 5.52. The first-order chi connectivity index (χ1) is 15.5. The number of para-hydroxylation sites is 1. The Morgan fingerprint density at radius 1 is 1.00 bits per heavy atom. The van der Waals surface area contributed by atoms with E-state index < -0.39 is 0 Å². The van der Waals surface area contributed by atoms with Crippen molar-refractivity contribution in [2.24, 2.45) is 0 Å². The lowest BCUT2D eigenvalue weighted by Crippen LogP contribution is -2.49. The number of rotatable bonds is 7. The van der Waals surface area contributed by atoms with Crippen LogP contribution >= 0.6 is 23.1 Å². The fourth-order valence-corrected chi connectivity index (χ4v) is 5.19. The van der Waals surface area contributed by atoms with Crippen molar-refractivity contribution in [1.29, 1.82) is 0 Å². The number of ketones is 1. The van der Waals surface area contributed by atoms with Crippen molar-refractivity contribution in [2.75, 3.05) is 36.8 Å². The number of aromatic nitrogens is 1. The number of carbonyl (C=O) groups is 2. The van der Waals surface area contributed by atoms with Crippen LogP contribution in [0.5, 0.6) is 0 Å². The molecule has 1 amide bonds. The van der Waals surface area contributed by atoms with Gasteiger partial charge in [-0.05, 0) is 36.4 Å². The van der Waals surface area contributed by atoms with Gasteiger partial charge in [-0.3, -0.25) is 9.59 Å². The molecule has 4 rings (SSSR count). The molecule has 0 aliphatic carbocycles. The average molecular weight is 474 g/mol. The Labute approximate surface area is 193 Å². The number of hydrogen-bond acceptors (Lipinski definition) is 6. The molecule has 0 radical (unpaired) electrons. The molecular weight excluding hydrogens is 452 g/mol. The summed E-state index contributed by atoms with van der Waals surface area (Å²) in [6, 6.07) is 12.1. The molecule has 0 atom stereocenters. The minimum absolute atomic E-state index is 0.0116. The second-order valence-electron chi connectivity index (χ2n) is 7.32. The Bertz CT molecular complexity index is 1100. The predicted molar refractivity (Wildman–Crippen MR) is 122 cm³/mol. The van der Waals surface area contributed by atoms with E-state index in [1.807, 2.05) is 10.3 Å². The Hall–Kier alpha value is -2.78. The van der Waals surface area contributed by atoms with Gasteiger partial charge in [-0.15, -0.1) is 11.3 Å². The van der Waals surface area contributed by atoms with Crippen LogP contribution in [0, 0.1) is 11.6 Å². The van der Waals surface area contributed by atoms with E-state index >= 15 is 0 Å². The largest absolute Gasteiger partial charge is 0.366 e. The zero-order chi connectivity index (χ0) is 22.5. The van der Waals surface area contributed by atoms with Crippen molar-refractivity contribution >= 4 is 40.5 Å². The van der Waals surface area contributed by atoms with Crippen molar-refractivity contribution in [2.45, 2.75) is 10.8 Å². The molecule has 3 aromatic rings. The van der Waals surface area contributed by atoms with Gasteiger partial charge in [-0.2, -0.15) is 0 Å². The van der Waals surface area contributed by atoms with Gasteiger partial charge in [0.25, 0.3) is 0 Å². The summed E-state index contributed by atoms with van der Waals surface area (Å²) in [7, 11) is 0. The van der Waals surface area contributed by atoms with E-state index in [2.05, 4.69) is 4.98 Å². The lowest BCUT2D eigenvalue weighted by Gasteiger charge is -2.36. The number of thiazole rings is 1. The van der Waals surface area contributed by atoms with Crippen molar-refractivity contribution in [3.63, 3.8) is 0 Å². The standard InChI is InChI=1S/C23H21F2N3O2S2/c24-17-7-5-16(6-8-17)21(29)15-32-23-26-18(14-31-23)13-22(30)28-11-9-27(10-12-28)20-4-2-1-3-19(20)25/h1-8,14H,9-13,15H2. The number of halogens is 2. The number of nitrogens with zero attached hydrogens (tertiary/aromatic N) is 3. The number of piperazine rings is 1. The summed E-state index contributed by atoms with van der Waals surface area (Å²) in [5.41, 5.74) is 1.70. The Morgan fingerprint density at radius 3 is 2.44 bits per heavy atom. The highest BCUT2D eigenvalue weighted by Crippen LogP contribution is 2.25. The third-order valence-electron chi connectivity index (χ3n) is 5.18. The monoisotopic (exact) mass is 473 g/mol. The van der Waals surface area contributed by atoms with E-state index in [1.54, 1.807) is 23.1 Å². The van der Waals surface area contributed by atoms with Gasteiger partial charge in [0.2, 0.25) is 5.91 Å². The van der Waals surface area contributed by atoms with Gasteiger partial charge in [-0.1, -0.05) is 23.9 Å². The van der Waals surface area contributed by atoms with Gasteiger partial charge < -0.3 is 9.80 Å². The topological polar surface area (TPSA) is 53.5 Å². The Balaban J connectivity index is 1.25. The highest BCUT2D eigenvalue weighted by atomic mass is 32.2. The average Bonchev–Trinajstić information content (AvgIpc) is 3.25. The van der Waals surface area contributed by atoms with Crippen LogP contribution in [0.15, 0.2) is 58.3 Å². The number of carbonyl (C=O) groups excluding carboxylic acids is 2. The van der Waals surface area contributed by atoms with Crippen LogP contribution in [0.3, 0.4) is 0 Å². The van der Waals surface area contributed by atoms with Crippen molar-refractivity contribution in [3.05, 3.63) is 76.8 Å². The summed E-state index contributed by atoms with van der Waals surface area (Å²) in [5.74, 6) is -0.544. The lowest BCUT2D eigenvalue weighted by molar-refractivity contribution is -0.130. The maximum atomic E-state index is 14.0. The lowest BCUT2D eigenvalue weighted by atomic mass is 10.1. The van der Waals surface area contributed by atoms with E-state index in [0.29, 0.717) is 47.5 Å². The molecule has 1 aromatic heterocycles. The number of Topliss-reactive ketones (excluding diaryl/α,β-unsaturated/α-hetero) is 1. The number of hydrogen-bond donors (Lipinski definition) is 0. The van der Waals surface area contributed by atoms with Gasteiger partial charge >= 0.3 is 0 Å². The first kappa shape index (κ1) is 22.4. The van der Waals surface area contributed by atoms with E-state index in [0.717, 1.165) is 0 Å². The number of thioether (sulfide) groups is 1. The molecule has 2 aromatic carbocycles. The molecule has 9 heteroatoms. The zero-order valence-electron chi connectivity index (χ0n) is 17.2. The van der Waals surface area contributed by atoms with Crippen LogP contribution in [0.25, 0.3) is 0 Å². The Kier molecular flexibility index (Phi) is 7.16. The van der Waals surface area contributed by atoms with Gasteiger partial charge in [0.15, 0.2) is 10.1 Å². The first-order valence-corrected chi connectivity index (χ1v) is 12.0. The highest BCUT2D eigenvalue weighted by molar-refractivity contribution is 8.01. The molecule has 1 aliphatic heterocycles. The SMILES string of the molecule is O=C(CSc1nc(CC(=O)N2CCN(c3ccccc3F)CC2)cs1)c1ccc(F)cc1. The van der Waals surface area contributed by atoms with Crippen LogP contribution in [0.2, 0.25) is 0 Å². The van der Waals surface area contributed by atoms with Crippen LogP contribution in [0.4, 0.5) is 14.5 Å². The summed E-state index contributed by atoms with van der Waals surface area (Å²) in [6.45, 7) is 2.23. The molecule has 1 aliphatic rings. The first-order valence-electron chi connectivity index (χ1n) is 10.1. The molecule has 5 nitrogen and oxygen atoms in total. The van der Waals surface area contributed by atoms with Crippen LogP contribution in [-0.2, 0) is 11.2 Å². The molecule has 0 spiro atoms. The van der Waals surface area contributed by atoms with Gasteiger partial charge in [-0.25, -0.2) is 13.8 Å². The molecule has 0 unspecified atom stereocenters. The fraction of sp³-hybridized carbons (Fsp3) is 0.261. The maximum Gasteiger partial charge on any atom is 0.228 e. The molecule has 32 heavy (non-hydrogen) atoms. The second-order valence-corrected chi connectivity index (χ2v) is 9.40. The van der Waals surface area contributed by atoms with Crippen LogP contribution < -0.4 is 4.90 Å². The smallest absolute Gasteiger partial charge is 0.228 e. The maximum absolute atomic E-state index is 14.0. The van der Waals surface area contributed by atoms with Crippen LogP contribution in [0.1, 0.15) is 16.1 Å². The van der Waals surface area contributed by atoms with E-state index in [9.17, 15) is 18.4 Å². The molecule has 2 heterocycles. The summed E-state index contributed by atoms with van der Waals surface area (Å²) in [5, 5.41) is 1.83. The second kappa shape index (κ2) is 10.2. The number of benzene rings is 2. The minimum Gasteiger partial charge on any atom is -0.366 e. The van der Waals surface area contributed by atoms with Crippen molar-refractivity contribution in [3.8, 4) is 0 Å².